The Bertz CT molecular complexity index is 1920. The van der Waals surface area contributed by atoms with E-state index in [9.17, 15) is 14.9 Å². The number of fused-ring (bicyclic) bond motifs is 1. The van der Waals surface area contributed by atoms with E-state index in [1.807, 2.05) is 49.4 Å². The zero-order chi connectivity index (χ0) is 30.7. The van der Waals surface area contributed by atoms with Crippen LogP contribution in [0.1, 0.15) is 42.0 Å². The second-order valence-corrected chi connectivity index (χ2v) is 11.2. The summed E-state index contributed by atoms with van der Waals surface area (Å²) < 4.78 is 13.6. The predicted molar refractivity (Wildman–Crippen MR) is 171 cm³/mol. The quantitative estimate of drug-likeness (QED) is 0.0930. The minimum atomic E-state index is -0.502. The summed E-state index contributed by atoms with van der Waals surface area (Å²) in [6.45, 7) is 6.22. The van der Waals surface area contributed by atoms with Crippen molar-refractivity contribution in [1.29, 1.82) is 0 Å². The molecule has 0 bridgehead atoms. The van der Waals surface area contributed by atoms with Gasteiger partial charge in [0.15, 0.2) is 11.6 Å². The van der Waals surface area contributed by atoms with Gasteiger partial charge in [0, 0.05) is 21.7 Å². The van der Waals surface area contributed by atoms with Crippen LogP contribution in [0, 0.1) is 17.0 Å². The average Bonchev–Trinajstić information content (AvgIpc) is 3.00. The molecule has 0 fully saturated rings. The number of hydrogen-bond donors (Lipinski definition) is 0. The number of rotatable bonds is 9. The molecule has 43 heavy (non-hydrogen) atoms. The molecule has 4 aromatic carbocycles. The number of aryl methyl sites for hydroxylation is 1. The van der Waals surface area contributed by atoms with E-state index in [0.29, 0.717) is 22.3 Å². The first-order chi connectivity index (χ1) is 20.7. The molecule has 5 rings (SSSR count). The van der Waals surface area contributed by atoms with Gasteiger partial charge in [0.05, 0.1) is 29.2 Å². The fraction of sp³-hybridized carbons (Fsp3) is 0.182. The molecule has 0 saturated carbocycles. The highest BCUT2D eigenvalue weighted by Gasteiger charge is 2.19. The number of nitro groups is 1. The number of methoxy groups -OCH3 is 1. The lowest BCUT2D eigenvalue weighted by molar-refractivity contribution is -0.385. The molecule has 0 atom stereocenters. The molecule has 5 aromatic rings. The normalized spacial score (nSPS) is 11.4. The first-order valence-electron chi connectivity index (χ1n) is 13.6. The largest absolute Gasteiger partial charge is 0.496 e. The third-order valence-corrected chi connectivity index (χ3v) is 7.53. The van der Waals surface area contributed by atoms with Gasteiger partial charge in [0.25, 0.3) is 5.56 Å². The number of halogens is 1. The molecule has 10 heteroatoms. The summed E-state index contributed by atoms with van der Waals surface area (Å²) in [4.78, 5) is 30.0. The van der Waals surface area contributed by atoms with E-state index in [2.05, 4.69) is 34.9 Å². The summed E-state index contributed by atoms with van der Waals surface area (Å²) in [5, 5.41) is 16.8. The maximum Gasteiger partial charge on any atom is 0.311 e. The molecule has 0 unspecified atom stereocenters. The zero-order valence-corrected chi connectivity index (χ0v) is 25.7. The number of nitrogens with zero attached hydrogens (tertiary/aromatic N) is 4. The predicted octanol–water partition coefficient (Wildman–Crippen LogP) is 7.64. The Labute approximate surface area is 256 Å². The van der Waals surface area contributed by atoms with Gasteiger partial charge in [-0.05, 0) is 78.1 Å². The number of para-hydroxylation sites is 1. The van der Waals surface area contributed by atoms with Crippen LogP contribution in [-0.4, -0.2) is 27.9 Å². The third-order valence-electron chi connectivity index (χ3n) is 7.00. The maximum absolute atomic E-state index is 13.7. The molecule has 0 aliphatic carbocycles. The van der Waals surface area contributed by atoms with Crippen molar-refractivity contribution in [2.24, 2.45) is 5.10 Å². The van der Waals surface area contributed by atoms with Crippen LogP contribution >= 0.6 is 15.9 Å². The minimum absolute atomic E-state index is 0.130. The van der Waals surface area contributed by atoms with Crippen LogP contribution in [0.2, 0.25) is 0 Å². The average molecular weight is 642 g/mol. The smallest absolute Gasteiger partial charge is 0.311 e. The summed E-state index contributed by atoms with van der Waals surface area (Å²) in [6.07, 6.45) is 1.41. The maximum atomic E-state index is 13.7. The highest BCUT2D eigenvalue weighted by atomic mass is 79.9. The molecule has 0 amide bonds. The van der Waals surface area contributed by atoms with E-state index in [4.69, 9.17) is 14.5 Å². The summed E-state index contributed by atoms with van der Waals surface area (Å²) in [5.41, 5.74) is 3.81. The van der Waals surface area contributed by atoms with Gasteiger partial charge in [0.2, 0.25) is 0 Å². The van der Waals surface area contributed by atoms with Crippen molar-refractivity contribution >= 4 is 38.7 Å². The number of nitro benzene ring substituents is 1. The van der Waals surface area contributed by atoms with E-state index in [1.165, 1.54) is 23.0 Å². The summed E-state index contributed by atoms with van der Waals surface area (Å²) in [6, 6.07) is 23.0. The fourth-order valence-electron chi connectivity index (χ4n) is 4.72. The van der Waals surface area contributed by atoms with Gasteiger partial charge >= 0.3 is 5.69 Å². The number of hydrogen-bond acceptors (Lipinski definition) is 7. The molecule has 0 aliphatic rings. The van der Waals surface area contributed by atoms with Crippen molar-refractivity contribution in [3.63, 3.8) is 0 Å². The number of benzene rings is 4. The van der Waals surface area contributed by atoms with Crippen LogP contribution in [0.25, 0.3) is 22.3 Å². The van der Waals surface area contributed by atoms with Crippen LogP contribution in [0.5, 0.6) is 11.5 Å². The Kier molecular flexibility index (Phi) is 8.68. The Morgan fingerprint density at radius 1 is 1.05 bits per heavy atom. The molecule has 0 spiro atoms. The van der Waals surface area contributed by atoms with Gasteiger partial charge in [0.1, 0.15) is 12.4 Å². The standard InChI is InChI=1S/C33H29BrN4O5/c1-20(2)26-17-27(21(3)15-31(26)42-4)32-36-28-8-6-5-7-25(28)33(39)37(32)35-18-23-11-14-30(29(16-23)38(40)41)43-19-22-9-12-24(34)13-10-22/h5-18,20H,19H2,1-4H3. The Balaban J connectivity index is 1.57. The molecule has 0 saturated heterocycles. The van der Waals surface area contributed by atoms with Crippen LogP contribution in [0.4, 0.5) is 5.69 Å². The van der Waals surface area contributed by atoms with Crippen LogP contribution < -0.4 is 15.0 Å². The molecule has 0 aliphatic heterocycles. The molecule has 9 nitrogen and oxygen atoms in total. The van der Waals surface area contributed by atoms with Gasteiger partial charge < -0.3 is 9.47 Å². The van der Waals surface area contributed by atoms with E-state index >= 15 is 0 Å². The summed E-state index contributed by atoms with van der Waals surface area (Å²) in [7, 11) is 1.63. The van der Waals surface area contributed by atoms with Gasteiger partial charge in [-0.25, -0.2) is 4.98 Å². The highest BCUT2D eigenvalue weighted by molar-refractivity contribution is 9.10. The van der Waals surface area contributed by atoms with E-state index in [0.717, 1.165) is 32.5 Å². The van der Waals surface area contributed by atoms with Crippen LogP contribution in [0.3, 0.4) is 0 Å². The van der Waals surface area contributed by atoms with Crippen LogP contribution in [0.15, 0.2) is 93.2 Å². The molecule has 0 N–H and O–H groups in total. The molecule has 0 radical (unpaired) electrons. The molecule has 1 heterocycles. The van der Waals surface area contributed by atoms with Crippen molar-refractivity contribution in [3.8, 4) is 22.9 Å². The van der Waals surface area contributed by atoms with Crippen molar-refractivity contribution in [2.75, 3.05) is 7.11 Å². The first-order valence-corrected chi connectivity index (χ1v) is 14.4. The van der Waals surface area contributed by atoms with E-state index in [-0.39, 0.29) is 29.5 Å². The monoisotopic (exact) mass is 640 g/mol. The molecule has 218 valence electrons. The Hall–Kier alpha value is -4.83. The molecular weight excluding hydrogens is 612 g/mol. The summed E-state index contributed by atoms with van der Waals surface area (Å²) in [5.74, 6) is 1.39. The van der Waals surface area contributed by atoms with Gasteiger partial charge in [-0.1, -0.05) is 54.0 Å². The van der Waals surface area contributed by atoms with E-state index in [1.54, 1.807) is 31.4 Å². The SMILES string of the molecule is COc1cc(C)c(-c2nc3ccccc3c(=O)n2N=Cc2ccc(OCc3ccc(Br)cc3)c([N+](=O)[O-])c2)cc1C(C)C. The van der Waals surface area contributed by atoms with Crippen molar-refractivity contribution < 1.29 is 14.4 Å². The van der Waals surface area contributed by atoms with Crippen LogP contribution in [-0.2, 0) is 6.61 Å². The first kappa shape index (κ1) is 29.7. The highest BCUT2D eigenvalue weighted by Crippen LogP contribution is 2.34. The minimum Gasteiger partial charge on any atom is -0.496 e. The zero-order valence-electron chi connectivity index (χ0n) is 24.1. The summed E-state index contributed by atoms with van der Waals surface area (Å²) >= 11 is 3.39. The van der Waals surface area contributed by atoms with Gasteiger partial charge in [-0.15, -0.1) is 0 Å². The number of aromatic nitrogens is 2. The van der Waals surface area contributed by atoms with Gasteiger partial charge in [-0.2, -0.15) is 9.78 Å². The lowest BCUT2D eigenvalue weighted by atomic mass is 9.96. The van der Waals surface area contributed by atoms with Crippen molar-refractivity contribution in [2.45, 2.75) is 33.3 Å². The Morgan fingerprint density at radius 2 is 1.79 bits per heavy atom. The van der Waals surface area contributed by atoms with E-state index < -0.39 is 4.92 Å². The Morgan fingerprint density at radius 3 is 2.49 bits per heavy atom. The second-order valence-electron chi connectivity index (χ2n) is 10.3. The van der Waals surface area contributed by atoms with Gasteiger partial charge in [-0.3, -0.25) is 14.9 Å². The van der Waals surface area contributed by atoms with Crippen molar-refractivity contribution in [3.05, 3.63) is 126 Å². The lowest BCUT2D eigenvalue weighted by Gasteiger charge is -2.17. The van der Waals surface area contributed by atoms with Crippen molar-refractivity contribution in [1.82, 2.24) is 9.66 Å². The fourth-order valence-corrected chi connectivity index (χ4v) is 4.98. The molecule has 1 aromatic heterocycles. The molecular formula is C33H29BrN4O5. The topological polar surface area (TPSA) is 109 Å². The lowest BCUT2D eigenvalue weighted by Crippen LogP contribution is -2.20. The second kappa shape index (κ2) is 12.6. The third kappa shape index (κ3) is 6.34. The number of ether oxygens (including phenoxy) is 2.